The molecule has 36 heavy (non-hydrogen) atoms. The van der Waals surface area contributed by atoms with Crippen LogP contribution in [0.25, 0.3) is 56.4 Å². The molecule has 0 radical (unpaired) electrons. The fourth-order valence-electron chi connectivity index (χ4n) is 3.89. The molecule has 0 aliphatic heterocycles. The molecular weight excluding hydrogens is 444 g/mol. The average molecular weight is 465 g/mol. The Morgan fingerprint density at radius 3 is 0.806 bits per heavy atom. The standard InChI is InChI=1S/C30H20N6/c1-3-15-31-25(5-1)27-11-7-21(17-33-27)23-9-13-29(35-19-23)30-14-10-24(20-36-30)22-8-12-28(34-18-22)26-6-2-4-16-32-26/h1-20H. The van der Waals surface area contributed by atoms with E-state index in [9.17, 15) is 0 Å². The molecule has 0 bridgehead atoms. The van der Waals surface area contributed by atoms with Crippen molar-refractivity contribution in [2.75, 3.05) is 0 Å². The zero-order valence-corrected chi connectivity index (χ0v) is 19.2. The number of hydrogen-bond donors (Lipinski definition) is 0. The van der Waals surface area contributed by atoms with E-state index in [1.54, 1.807) is 12.4 Å². The summed E-state index contributed by atoms with van der Waals surface area (Å²) in [7, 11) is 0. The zero-order chi connectivity index (χ0) is 24.2. The van der Waals surface area contributed by atoms with E-state index in [1.807, 2.05) is 110 Å². The highest BCUT2D eigenvalue weighted by Gasteiger charge is 2.07. The van der Waals surface area contributed by atoms with Gasteiger partial charge in [0.05, 0.1) is 34.2 Å². The Labute approximate surface area is 208 Å². The van der Waals surface area contributed by atoms with Gasteiger partial charge in [0.1, 0.15) is 0 Å². The van der Waals surface area contributed by atoms with Crippen LogP contribution >= 0.6 is 0 Å². The Morgan fingerprint density at radius 2 is 0.583 bits per heavy atom. The van der Waals surface area contributed by atoms with Crippen molar-refractivity contribution in [2.45, 2.75) is 0 Å². The molecule has 170 valence electrons. The first-order valence-electron chi connectivity index (χ1n) is 11.5. The molecule has 0 saturated heterocycles. The van der Waals surface area contributed by atoms with E-state index in [2.05, 4.69) is 29.9 Å². The van der Waals surface area contributed by atoms with Crippen LogP contribution in [0.4, 0.5) is 0 Å². The van der Waals surface area contributed by atoms with E-state index < -0.39 is 0 Å². The lowest BCUT2D eigenvalue weighted by atomic mass is 10.1. The summed E-state index contributed by atoms with van der Waals surface area (Å²) in [6.45, 7) is 0. The zero-order valence-electron chi connectivity index (χ0n) is 19.2. The minimum absolute atomic E-state index is 0.812. The van der Waals surface area contributed by atoms with Gasteiger partial charge < -0.3 is 0 Å². The van der Waals surface area contributed by atoms with Gasteiger partial charge in [-0.1, -0.05) is 36.4 Å². The largest absolute Gasteiger partial charge is 0.255 e. The maximum absolute atomic E-state index is 4.63. The van der Waals surface area contributed by atoms with E-state index >= 15 is 0 Å². The highest BCUT2D eigenvalue weighted by Crippen LogP contribution is 2.25. The maximum atomic E-state index is 4.63. The lowest BCUT2D eigenvalue weighted by molar-refractivity contribution is 1.23. The van der Waals surface area contributed by atoms with Crippen molar-refractivity contribution in [1.29, 1.82) is 0 Å². The predicted molar refractivity (Wildman–Crippen MR) is 140 cm³/mol. The lowest BCUT2D eigenvalue weighted by Crippen LogP contribution is -1.91. The molecule has 0 N–H and O–H groups in total. The third kappa shape index (κ3) is 4.48. The molecule has 0 aliphatic carbocycles. The molecule has 0 aromatic carbocycles. The summed E-state index contributed by atoms with van der Waals surface area (Å²) in [5.41, 5.74) is 9.00. The summed E-state index contributed by atoms with van der Waals surface area (Å²) >= 11 is 0. The molecule has 6 heterocycles. The molecule has 6 aromatic rings. The van der Waals surface area contributed by atoms with Crippen LogP contribution in [0, 0.1) is 0 Å². The van der Waals surface area contributed by atoms with Gasteiger partial charge in [-0.25, -0.2) is 0 Å². The Kier molecular flexibility index (Phi) is 5.74. The van der Waals surface area contributed by atoms with E-state index in [4.69, 9.17) is 0 Å². The maximum Gasteiger partial charge on any atom is 0.0886 e. The van der Waals surface area contributed by atoms with Gasteiger partial charge in [-0.15, -0.1) is 0 Å². The van der Waals surface area contributed by atoms with Crippen LogP contribution in [0.1, 0.15) is 0 Å². The van der Waals surface area contributed by atoms with Crippen molar-refractivity contribution in [2.24, 2.45) is 0 Å². The van der Waals surface area contributed by atoms with Crippen LogP contribution in [0.3, 0.4) is 0 Å². The Bertz CT molecular complexity index is 1440. The first kappa shape index (κ1) is 21.4. The molecule has 0 unspecified atom stereocenters. The number of aromatic nitrogens is 6. The second-order valence-electron chi connectivity index (χ2n) is 8.16. The van der Waals surface area contributed by atoms with Gasteiger partial charge >= 0.3 is 0 Å². The molecule has 0 atom stereocenters. The minimum atomic E-state index is 0.812. The Hall–Kier alpha value is -5.10. The van der Waals surface area contributed by atoms with Crippen molar-refractivity contribution in [1.82, 2.24) is 29.9 Å². The highest BCUT2D eigenvalue weighted by molar-refractivity contribution is 5.69. The molecule has 6 heteroatoms. The molecule has 0 saturated carbocycles. The van der Waals surface area contributed by atoms with E-state index in [1.165, 1.54) is 0 Å². The molecule has 0 aliphatic rings. The van der Waals surface area contributed by atoms with Gasteiger partial charge in [-0.2, -0.15) is 0 Å². The Balaban J connectivity index is 1.17. The van der Waals surface area contributed by atoms with E-state index in [0.717, 1.165) is 56.4 Å². The highest BCUT2D eigenvalue weighted by atomic mass is 14.8. The minimum Gasteiger partial charge on any atom is -0.255 e. The van der Waals surface area contributed by atoms with Crippen LogP contribution in [0.15, 0.2) is 122 Å². The quantitative estimate of drug-likeness (QED) is 0.294. The van der Waals surface area contributed by atoms with Crippen LogP contribution in [0.2, 0.25) is 0 Å². The average Bonchev–Trinajstić information content (AvgIpc) is 2.98. The molecule has 0 fully saturated rings. The van der Waals surface area contributed by atoms with Crippen molar-refractivity contribution in [3.8, 4) is 56.4 Å². The normalized spacial score (nSPS) is 10.8. The summed E-state index contributed by atoms with van der Waals surface area (Å²) in [5.74, 6) is 0. The Morgan fingerprint density at radius 1 is 0.278 bits per heavy atom. The summed E-state index contributed by atoms with van der Waals surface area (Å²) in [4.78, 5) is 27.1. The third-order valence-electron chi connectivity index (χ3n) is 5.84. The van der Waals surface area contributed by atoms with Gasteiger partial charge in [0.15, 0.2) is 0 Å². The number of hydrogen-bond acceptors (Lipinski definition) is 6. The predicted octanol–water partition coefficient (Wildman–Crippen LogP) is 6.39. The van der Waals surface area contributed by atoms with Gasteiger partial charge in [0, 0.05) is 59.4 Å². The van der Waals surface area contributed by atoms with Crippen molar-refractivity contribution in [3.63, 3.8) is 0 Å². The van der Waals surface area contributed by atoms with Gasteiger partial charge in [-0.3, -0.25) is 29.9 Å². The SMILES string of the molecule is c1ccc(-c2ccc(-c3ccc(-c4ccc(-c5ccc(-c6ccccn6)nc5)cn4)nc3)cn2)nc1. The fraction of sp³-hybridized carbons (Fsp3) is 0. The first-order valence-corrected chi connectivity index (χ1v) is 11.5. The summed E-state index contributed by atoms with van der Waals surface area (Å²) in [6.07, 6.45) is 10.9. The number of pyridine rings is 6. The van der Waals surface area contributed by atoms with Crippen molar-refractivity contribution >= 4 is 0 Å². The van der Waals surface area contributed by atoms with Gasteiger partial charge in [-0.05, 0) is 48.5 Å². The topological polar surface area (TPSA) is 77.3 Å². The van der Waals surface area contributed by atoms with Crippen LogP contribution in [0.5, 0.6) is 0 Å². The van der Waals surface area contributed by atoms with Crippen LogP contribution in [-0.2, 0) is 0 Å². The number of nitrogens with zero attached hydrogens (tertiary/aromatic N) is 6. The molecule has 0 amide bonds. The fourth-order valence-corrected chi connectivity index (χ4v) is 3.89. The second kappa shape index (κ2) is 9.64. The summed E-state index contributed by atoms with van der Waals surface area (Å²) < 4.78 is 0. The van der Waals surface area contributed by atoms with Gasteiger partial charge in [0.2, 0.25) is 0 Å². The summed E-state index contributed by atoms with van der Waals surface area (Å²) in [6, 6.07) is 27.7. The molecule has 0 spiro atoms. The first-order chi connectivity index (χ1) is 17.8. The van der Waals surface area contributed by atoms with Crippen LogP contribution in [-0.4, -0.2) is 29.9 Å². The van der Waals surface area contributed by atoms with Crippen molar-refractivity contribution < 1.29 is 0 Å². The van der Waals surface area contributed by atoms with E-state index in [0.29, 0.717) is 0 Å². The smallest absolute Gasteiger partial charge is 0.0886 e. The molecule has 6 aromatic heterocycles. The molecule has 6 nitrogen and oxygen atoms in total. The lowest BCUT2D eigenvalue weighted by Gasteiger charge is -2.06. The summed E-state index contributed by atoms with van der Waals surface area (Å²) in [5, 5.41) is 0. The monoisotopic (exact) mass is 464 g/mol. The third-order valence-corrected chi connectivity index (χ3v) is 5.84. The molecular formula is C30H20N6. The number of rotatable bonds is 5. The van der Waals surface area contributed by atoms with Crippen molar-refractivity contribution in [3.05, 3.63) is 122 Å². The second-order valence-corrected chi connectivity index (χ2v) is 8.16. The molecule has 6 rings (SSSR count). The van der Waals surface area contributed by atoms with Crippen LogP contribution < -0.4 is 0 Å². The van der Waals surface area contributed by atoms with E-state index in [-0.39, 0.29) is 0 Å². The van der Waals surface area contributed by atoms with Gasteiger partial charge in [0.25, 0.3) is 0 Å².